The van der Waals surface area contributed by atoms with Crippen LogP contribution in [0.1, 0.15) is 24.8 Å². The molecule has 4 heteroatoms. The summed E-state index contributed by atoms with van der Waals surface area (Å²) in [4.78, 5) is 8.75. The number of hydrogen-bond donors (Lipinski definition) is 0. The molecule has 1 aromatic carbocycles. The summed E-state index contributed by atoms with van der Waals surface area (Å²) in [6.45, 7) is 3.12. The predicted molar refractivity (Wildman–Crippen MR) is 94.6 cm³/mol. The molecule has 0 amide bonds. The molecule has 0 saturated heterocycles. The summed E-state index contributed by atoms with van der Waals surface area (Å²) >= 11 is 0. The van der Waals surface area contributed by atoms with Crippen LogP contribution in [0, 0.1) is 0 Å². The van der Waals surface area contributed by atoms with Gasteiger partial charge in [-0.25, -0.2) is 0 Å². The molecule has 108 valence electrons. The molecule has 1 rings (SSSR count). The molecule has 0 aromatic heterocycles. The topological polar surface area (TPSA) is 18.8 Å². The number of rotatable bonds is 4. The first-order valence-electron chi connectivity index (χ1n) is 6.46. The van der Waals surface area contributed by atoms with E-state index in [1.165, 1.54) is 5.56 Å². The molecule has 1 aromatic rings. The van der Waals surface area contributed by atoms with E-state index in [0.717, 1.165) is 18.9 Å². The largest absolute Gasteiger partial charge is 0.349 e. The number of halogens is 1. The van der Waals surface area contributed by atoms with E-state index in [9.17, 15) is 0 Å². The van der Waals surface area contributed by atoms with Crippen molar-refractivity contribution in [2.45, 2.75) is 19.3 Å². The summed E-state index contributed by atoms with van der Waals surface area (Å²) in [6.07, 6.45) is 1.08. The lowest BCUT2D eigenvalue weighted by Crippen LogP contribution is -2.35. The first-order chi connectivity index (χ1) is 8.52. The molecule has 0 aliphatic rings. The third kappa shape index (κ3) is 6.27. The van der Waals surface area contributed by atoms with Crippen LogP contribution in [0.3, 0.4) is 0 Å². The van der Waals surface area contributed by atoms with Gasteiger partial charge in [-0.05, 0) is 17.9 Å². The molecule has 0 radical (unpaired) electrons. The van der Waals surface area contributed by atoms with Gasteiger partial charge in [-0.15, -0.1) is 24.0 Å². The number of hydrogen-bond acceptors (Lipinski definition) is 1. The summed E-state index contributed by atoms with van der Waals surface area (Å²) in [5.74, 6) is 1.58. The highest BCUT2D eigenvalue weighted by atomic mass is 127. The van der Waals surface area contributed by atoms with Gasteiger partial charge in [0.05, 0.1) is 0 Å². The van der Waals surface area contributed by atoms with Crippen LogP contribution in [0.4, 0.5) is 0 Å². The monoisotopic (exact) mass is 375 g/mol. The Morgan fingerprint density at radius 3 is 2.05 bits per heavy atom. The summed E-state index contributed by atoms with van der Waals surface area (Å²) in [7, 11) is 8.11. The Labute approximate surface area is 134 Å². The molecule has 0 aliphatic heterocycles. The van der Waals surface area contributed by atoms with Gasteiger partial charge in [-0.3, -0.25) is 4.99 Å². The van der Waals surface area contributed by atoms with Gasteiger partial charge >= 0.3 is 0 Å². The maximum Gasteiger partial charge on any atom is 0.195 e. The fraction of sp³-hybridized carbons (Fsp3) is 0.533. The van der Waals surface area contributed by atoms with Crippen molar-refractivity contribution >= 4 is 29.9 Å². The molecule has 0 bridgehead atoms. The van der Waals surface area contributed by atoms with E-state index in [-0.39, 0.29) is 24.0 Å². The van der Waals surface area contributed by atoms with Crippen LogP contribution in [0.2, 0.25) is 0 Å². The second kappa shape index (κ2) is 9.18. The molecular weight excluding hydrogens is 349 g/mol. The molecule has 3 nitrogen and oxygen atoms in total. The highest BCUT2D eigenvalue weighted by molar-refractivity contribution is 14.0. The van der Waals surface area contributed by atoms with Crippen LogP contribution in [0.15, 0.2) is 35.3 Å². The van der Waals surface area contributed by atoms with Gasteiger partial charge in [0.15, 0.2) is 5.96 Å². The highest BCUT2D eigenvalue weighted by Crippen LogP contribution is 2.18. The molecule has 0 heterocycles. The molecule has 0 aliphatic carbocycles. The van der Waals surface area contributed by atoms with Crippen molar-refractivity contribution in [2.24, 2.45) is 4.99 Å². The van der Waals surface area contributed by atoms with E-state index in [0.29, 0.717) is 5.92 Å². The van der Waals surface area contributed by atoms with E-state index in [4.69, 9.17) is 0 Å². The minimum absolute atomic E-state index is 0. The Morgan fingerprint density at radius 1 is 1.05 bits per heavy atom. The minimum Gasteiger partial charge on any atom is -0.349 e. The van der Waals surface area contributed by atoms with Crippen molar-refractivity contribution in [2.75, 3.05) is 34.7 Å². The van der Waals surface area contributed by atoms with Crippen LogP contribution in [0.25, 0.3) is 0 Å². The van der Waals surface area contributed by atoms with Gasteiger partial charge in [-0.2, -0.15) is 0 Å². The zero-order valence-corrected chi connectivity index (χ0v) is 15.0. The van der Waals surface area contributed by atoms with E-state index < -0.39 is 0 Å². The van der Waals surface area contributed by atoms with E-state index in [1.807, 2.05) is 38.0 Å². The molecule has 0 N–H and O–H groups in total. The van der Waals surface area contributed by atoms with Crippen molar-refractivity contribution in [1.82, 2.24) is 9.80 Å². The van der Waals surface area contributed by atoms with E-state index in [1.54, 1.807) is 0 Å². The average molecular weight is 375 g/mol. The second-order valence-electron chi connectivity index (χ2n) is 5.07. The van der Waals surface area contributed by atoms with Crippen molar-refractivity contribution in [1.29, 1.82) is 0 Å². The zero-order chi connectivity index (χ0) is 13.5. The van der Waals surface area contributed by atoms with Crippen LogP contribution < -0.4 is 0 Å². The molecule has 0 saturated carbocycles. The lowest BCUT2D eigenvalue weighted by molar-refractivity contribution is 0.477. The van der Waals surface area contributed by atoms with Gasteiger partial charge in [-0.1, -0.05) is 37.3 Å². The Morgan fingerprint density at radius 2 is 1.58 bits per heavy atom. The summed E-state index contributed by atoms with van der Waals surface area (Å²) < 4.78 is 0. The van der Waals surface area contributed by atoms with Crippen LogP contribution >= 0.6 is 24.0 Å². The molecule has 19 heavy (non-hydrogen) atoms. The minimum atomic E-state index is 0. The second-order valence-corrected chi connectivity index (χ2v) is 5.07. The zero-order valence-electron chi connectivity index (χ0n) is 12.6. The van der Waals surface area contributed by atoms with Gasteiger partial charge in [0.25, 0.3) is 0 Å². The number of benzene rings is 1. The quantitative estimate of drug-likeness (QED) is 0.457. The normalized spacial score (nSPS) is 11.2. The van der Waals surface area contributed by atoms with Crippen LogP contribution in [0.5, 0.6) is 0 Å². The fourth-order valence-corrected chi connectivity index (χ4v) is 1.99. The summed E-state index contributed by atoms with van der Waals surface area (Å²) in [5, 5.41) is 0. The standard InChI is InChI=1S/C15H25N3.HI/c1-13(14-9-7-6-8-10-14)11-12-16-15(17(2)3)18(4)5;/h6-10,13H,11-12H2,1-5H3;1H. The third-order valence-corrected chi connectivity index (χ3v) is 2.98. The molecule has 0 spiro atoms. The Kier molecular flexibility index (Phi) is 8.80. The van der Waals surface area contributed by atoms with Crippen molar-refractivity contribution < 1.29 is 0 Å². The lowest BCUT2D eigenvalue weighted by atomic mass is 9.98. The smallest absolute Gasteiger partial charge is 0.195 e. The average Bonchev–Trinajstić information content (AvgIpc) is 2.34. The SMILES string of the molecule is CC(CCN=C(N(C)C)N(C)C)c1ccccc1.I. The van der Waals surface area contributed by atoms with E-state index >= 15 is 0 Å². The fourth-order valence-electron chi connectivity index (χ4n) is 1.99. The van der Waals surface area contributed by atoms with Crippen molar-refractivity contribution in [3.05, 3.63) is 35.9 Å². The van der Waals surface area contributed by atoms with Gasteiger partial charge in [0.1, 0.15) is 0 Å². The Bertz CT molecular complexity index is 364. The van der Waals surface area contributed by atoms with Crippen molar-refractivity contribution in [3.8, 4) is 0 Å². The lowest BCUT2D eigenvalue weighted by Gasteiger charge is -2.23. The maximum atomic E-state index is 4.66. The first kappa shape index (κ1) is 18.2. The number of aliphatic imine (C=N–C) groups is 1. The van der Waals surface area contributed by atoms with Crippen molar-refractivity contribution in [3.63, 3.8) is 0 Å². The van der Waals surface area contributed by atoms with Gasteiger partial charge in [0, 0.05) is 34.7 Å². The van der Waals surface area contributed by atoms with E-state index in [2.05, 4.69) is 42.2 Å². The molecular formula is C15H26IN3. The van der Waals surface area contributed by atoms with Gasteiger partial charge in [0.2, 0.25) is 0 Å². The maximum absolute atomic E-state index is 4.66. The summed E-state index contributed by atoms with van der Waals surface area (Å²) in [6, 6.07) is 10.6. The third-order valence-electron chi connectivity index (χ3n) is 2.98. The Balaban J connectivity index is 0.00000324. The summed E-state index contributed by atoms with van der Waals surface area (Å²) in [5.41, 5.74) is 1.39. The highest BCUT2D eigenvalue weighted by Gasteiger charge is 2.06. The number of nitrogens with zero attached hydrogens (tertiary/aromatic N) is 3. The number of guanidine groups is 1. The van der Waals surface area contributed by atoms with Crippen LogP contribution in [-0.4, -0.2) is 50.5 Å². The predicted octanol–water partition coefficient (Wildman–Crippen LogP) is 3.28. The van der Waals surface area contributed by atoms with Crippen LogP contribution in [-0.2, 0) is 0 Å². The molecule has 0 fully saturated rings. The first-order valence-corrected chi connectivity index (χ1v) is 6.46. The van der Waals surface area contributed by atoms with Gasteiger partial charge < -0.3 is 9.80 Å². The Hall–Kier alpha value is -0.780. The molecule has 1 unspecified atom stereocenters. The molecule has 1 atom stereocenters.